The van der Waals surface area contributed by atoms with E-state index in [1.807, 2.05) is 0 Å². The first-order chi connectivity index (χ1) is 14.7. The van der Waals surface area contributed by atoms with Crippen molar-refractivity contribution in [1.29, 1.82) is 0 Å². The Balaban J connectivity index is 1.99. The quantitative estimate of drug-likeness (QED) is 0.527. The van der Waals surface area contributed by atoms with Gasteiger partial charge in [-0.15, -0.1) is 0 Å². The maximum absolute atomic E-state index is 13.1. The van der Waals surface area contributed by atoms with Gasteiger partial charge in [-0.2, -0.15) is 0 Å². The molecule has 0 saturated carbocycles. The number of halogens is 3. The fourth-order valence-corrected chi connectivity index (χ4v) is 3.74. The zero-order chi connectivity index (χ0) is 22.7. The van der Waals surface area contributed by atoms with E-state index in [0.717, 1.165) is 0 Å². The molecule has 0 saturated heterocycles. The maximum Gasteiger partial charge on any atom is 0.322 e. The van der Waals surface area contributed by atoms with Gasteiger partial charge in [0.1, 0.15) is 5.82 Å². The van der Waals surface area contributed by atoms with Crippen molar-refractivity contribution in [1.82, 2.24) is 14.5 Å². The van der Waals surface area contributed by atoms with E-state index in [2.05, 4.69) is 10.3 Å². The number of amides is 2. The molecular formula is C21H21Cl3N4O3. The third-order valence-corrected chi connectivity index (χ3v) is 5.96. The molecule has 1 heterocycles. The minimum absolute atomic E-state index is 0.241. The van der Waals surface area contributed by atoms with Crippen molar-refractivity contribution in [2.45, 2.75) is 13.0 Å². The molecule has 3 rings (SSSR count). The Labute approximate surface area is 194 Å². The summed E-state index contributed by atoms with van der Waals surface area (Å²) in [7, 11) is 3.16. The fraction of sp³-hybridized carbons (Fsp3) is 0.286. The maximum atomic E-state index is 13.1. The minimum atomic E-state index is -0.550. The molecule has 1 N–H and O–H groups in total. The average Bonchev–Trinajstić information content (AvgIpc) is 2.74. The van der Waals surface area contributed by atoms with Crippen LogP contribution >= 0.6 is 34.8 Å². The van der Waals surface area contributed by atoms with Crippen LogP contribution in [0.4, 0.5) is 10.5 Å². The molecule has 31 heavy (non-hydrogen) atoms. The summed E-state index contributed by atoms with van der Waals surface area (Å²) in [6.45, 7) is 2.34. The number of anilines is 1. The lowest BCUT2D eigenvalue weighted by Crippen LogP contribution is -2.41. The highest BCUT2D eigenvalue weighted by atomic mass is 35.5. The molecule has 1 aromatic heterocycles. The molecule has 164 valence electrons. The molecule has 0 spiro atoms. The molecule has 0 radical (unpaired) electrons. The molecule has 0 aliphatic heterocycles. The number of methoxy groups -OCH3 is 1. The van der Waals surface area contributed by atoms with Crippen LogP contribution in [0, 0.1) is 0 Å². The van der Waals surface area contributed by atoms with E-state index in [1.165, 1.54) is 9.47 Å². The van der Waals surface area contributed by atoms with E-state index in [-0.39, 0.29) is 23.7 Å². The van der Waals surface area contributed by atoms with Crippen molar-refractivity contribution in [3.63, 3.8) is 0 Å². The molecule has 0 bridgehead atoms. The molecule has 1 unspecified atom stereocenters. The van der Waals surface area contributed by atoms with Gasteiger partial charge in [-0.3, -0.25) is 9.36 Å². The van der Waals surface area contributed by atoms with E-state index < -0.39 is 12.1 Å². The van der Waals surface area contributed by atoms with Crippen LogP contribution in [0.15, 0.2) is 41.2 Å². The summed E-state index contributed by atoms with van der Waals surface area (Å²) in [4.78, 5) is 32.1. The molecule has 0 aliphatic carbocycles. The van der Waals surface area contributed by atoms with E-state index in [4.69, 9.17) is 39.5 Å². The van der Waals surface area contributed by atoms with Crippen molar-refractivity contribution in [2.75, 3.05) is 25.6 Å². The summed E-state index contributed by atoms with van der Waals surface area (Å²) >= 11 is 18.3. The van der Waals surface area contributed by atoms with Gasteiger partial charge in [-0.25, -0.2) is 9.78 Å². The number of fused-ring (bicyclic) bond motifs is 1. The Morgan fingerprint density at radius 2 is 2.00 bits per heavy atom. The second-order valence-electron chi connectivity index (χ2n) is 6.89. The molecule has 3 aromatic rings. The Hall–Kier alpha value is -2.32. The first-order valence-electron chi connectivity index (χ1n) is 9.41. The van der Waals surface area contributed by atoms with Gasteiger partial charge < -0.3 is 15.0 Å². The monoisotopic (exact) mass is 482 g/mol. The molecule has 10 heteroatoms. The third-order valence-electron chi connectivity index (χ3n) is 4.90. The average molecular weight is 484 g/mol. The SMILES string of the molecule is COCCN(C(=O)Nc1cccc(Cl)c1Cl)C(C)c1nc2ccc(Cl)cc2c(=O)n1C. The zero-order valence-electron chi connectivity index (χ0n) is 17.2. The number of urea groups is 1. The molecule has 0 aliphatic rings. The zero-order valence-corrected chi connectivity index (χ0v) is 19.4. The van der Waals surface area contributed by atoms with Crippen molar-refractivity contribution in [3.8, 4) is 0 Å². The highest BCUT2D eigenvalue weighted by Gasteiger charge is 2.26. The summed E-state index contributed by atoms with van der Waals surface area (Å²) < 4.78 is 6.59. The molecule has 7 nitrogen and oxygen atoms in total. The van der Waals surface area contributed by atoms with E-state index in [0.29, 0.717) is 32.5 Å². The molecule has 2 aromatic carbocycles. The van der Waals surface area contributed by atoms with Gasteiger partial charge in [0.15, 0.2) is 0 Å². The second kappa shape index (κ2) is 9.87. The Morgan fingerprint density at radius 3 is 2.71 bits per heavy atom. The van der Waals surface area contributed by atoms with Gasteiger partial charge in [0, 0.05) is 25.7 Å². The molecule has 0 fully saturated rings. The van der Waals surface area contributed by atoms with Crippen LogP contribution in [-0.2, 0) is 11.8 Å². The number of aromatic nitrogens is 2. The highest BCUT2D eigenvalue weighted by molar-refractivity contribution is 6.44. The predicted octanol–water partition coefficient (Wildman–Crippen LogP) is 5.14. The third kappa shape index (κ3) is 4.96. The van der Waals surface area contributed by atoms with Crippen LogP contribution in [0.1, 0.15) is 18.8 Å². The summed E-state index contributed by atoms with van der Waals surface area (Å²) in [6.07, 6.45) is 0. The number of hydrogen-bond acceptors (Lipinski definition) is 4. The summed E-state index contributed by atoms with van der Waals surface area (Å²) in [5, 5.41) is 4.20. The topological polar surface area (TPSA) is 76.5 Å². The normalized spacial score (nSPS) is 12.1. The van der Waals surface area contributed by atoms with Gasteiger partial charge in [-0.05, 0) is 37.3 Å². The Bertz CT molecular complexity index is 1180. The standard InChI is InChI=1S/C21H21Cl3N4O3/c1-12(19-25-16-8-7-13(22)11-14(16)20(29)27(19)2)28(9-10-31-3)21(30)26-17-6-4-5-15(23)18(17)24/h4-8,11-12H,9-10H2,1-3H3,(H,26,30). The first kappa shape index (κ1) is 23.3. The van der Waals surface area contributed by atoms with Crippen molar-refractivity contribution in [2.24, 2.45) is 7.05 Å². The van der Waals surface area contributed by atoms with E-state index in [9.17, 15) is 9.59 Å². The largest absolute Gasteiger partial charge is 0.383 e. The van der Waals surface area contributed by atoms with Crippen LogP contribution in [0.5, 0.6) is 0 Å². The summed E-state index contributed by atoms with van der Waals surface area (Å²) in [5.74, 6) is 0.420. The van der Waals surface area contributed by atoms with Crippen molar-refractivity contribution >= 4 is 57.4 Å². The number of hydrogen-bond donors (Lipinski definition) is 1. The van der Waals surface area contributed by atoms with Crippen molar-refractivity contribution in [3.05, 3.63) is 67.6 Å². The van der Waals surface area contributed by atoms with Crippen LogP contribution in [-0.4, -0.2) is 40.7 Å². The molecule has 1 atom stereocenters. The fourth-order valence-electron chi connectivity index (χ4n) is 3.22. The van der Waals surface area contributed by atoms with Crippen molar-refractivity contribution < 1.29 is 9.53 Å². The van der Waals surface area contributed by atoms with Gasteiger partial charge in [0.2, 0.25) is 0 Å². The lowest BCUT2D eigenvalue weighted by Gasteiger charge is -2.30. The number of nitrogens with one attached hydrogen (secondary N) is 1. The van der Waals surface area contributed by atoms with Gasteiger partial charge in [0.25, 0.3) is 5.56 Å². The van der Waals surface area contributed by atoms with E-state index >= 15 is 0 Å². The molecular weight excluding hydrogens is 463 g/mol. The number of rotatable bonds is 6. The number of carbonyl (C=O) groups excluding carboxylic acids is 1. The number of carbonyl (C=O) groups is 1. The van der Waals surface area contributed by atoms with Crippen LogP contribution in [0.2, 0.25) is 15.1 Å². The lowest BCUT2D eigenvalue weighted by atomic mass is 10.2. The lowest BCUT2D eigenvalue weighted by molar-refractivity contribution is 0.136. The molecule has 2 amide bonds. The van der Waals surface area contributed by atoms with Crippen LogP contribution < -0.4 is 10.9 Å². The van der Waals surface area contributed by atoms with Gasteiger partial charge in [-0.1, -0.05) is 40.9 Å². The number of ether oxygens (including phenoxy) is 1. The minimum Gasteiger partial charge on any atom is -0.383 e. The smallest absolute Gasteiger partial charge is 0.322 e. The second-order valence-corrected chi connectivity index (χ2v) is 8.11. The number of benzene rings is 2. The predicted molar refractivity (Wildman–Crippen MR) is 124 cm³/mol. The van der Waals surface area contributed by atoms with Gasteiger partial charge in [0.05, 0.1) is 39.3 Å². The van der Waals surface area contributed by atoms with Crippen LogP contribution in [0.25, 0.3) is 10.9 Å². The summed E-state index contributed by atoms with van der Waals surface area (Å²) in [5.41, 5.74) is 0.627. The first-order valence-corrected chi connectivity index (χ1v) is 10.5. The van der Waals surface area contributed by atoms with Crippen LogP contribution in [0.3, 0.4) is 0 Å². The highest BCUT2D eigenvalue weighted by Crippen LogP contribution is 2.30. The Morgan fingerprint density at radius 1 is 1.26 bits per heavy atom. The van der Waals surface area contributed by atoms with E-state index in [1.54, 1.807) is 57.5 Å². The van der Waals surface area contributed by atoms with Gasteiger partial charge >= 0.3 is 6.03 Å². The number of nitrogens with zero attached hydrogens (tertiary/aromatic N) is 3. The Kier molecular flexibility index (Phi) is 7.43. The summed E-state index contributed by atoms with van der Waals surface area (Å²) in [6, 6.07) is 8.92.